The maximum atomic E-state index is 11.2. The lowest BCUT2D eigenvalue weighted by Crippen LogP contribution is -1.93. The van der Waals surface area contributed by atoms with Crippen LogP contribution in [0.5, 0.6) is 0 Å². The van der Waals surface area contributed by atoms with Crippen LogP contribution in [0.4, 0.5) is 0 Å². The zero-order chi connectivity index (χ0) is 8.72. The summed E-state index contributed by atoms with van der Waals surface area (Å²) in [6, 6.07) is 5.51. The summed E-state index contributed by atoms with van der Waals surface area (Å²) in [5.41, 5.74) is 1.52. The molecule has 1 atom stereocenters. The van der Waals surface area contributed by atoms with E-state index in [1.165, 1.54) is 0 Å². The quantitative estimate of drug-likeness (QED) is 0.542. The summed E-state index contributed by atoms with van der Waals surface area (Å²) in [6.45, 7) is 0. The average molecular weight is 292 g/mol. The summed E-state index contributed by atoms with van der Waals surface area (Å²) >= 11 is 6.53. The first-order chi connectivity index (χ1) is 5.68. The van der Waals surface area contributed by atoms with E-state index in [4.69, 9.17) is 4.74 Å². The number of hydrogen-bond donors (Lipinski definition) is 0. The number of hydrogen-bond acceptors (Lipinski definition) is 2. The minimum atomic E-state index is -0.284. The normalized spacial score (nSPS) is 20.5. The molecule has 0 N–H and O–H groups in total. The van der Waals surface area contributed by atoms with Gasteiger partial charge in [0.15, 0.2) is 5.01 Å². The summed E-state index contributed by atoms with van der Waals surface area (Å²) in [6.07, 6.45) is 0. The summed E-state index contributed by atoms with van der Waals surface area (Å²) in [4.78, 5) is 11.2. The lowest BCUT2D eigenvalue weighted by atomic mass is 10.1. The smallest absolute Gasteiger partial charge is 0.340 e. The minimum Gasteiger partial charge on any atom is -0.442 e. The maximum absolute atomic E-state index is 11.2. The molecule has 4 heteroatoms. The monoisotopic (exact) mass is 290 g/mol. The van der Waals surface area contributed by atoms with Gasteiger partial charge in [-0.1, -0.05) is 22.0 Å². The first kappa shape index (κ1) is 8.26. The van der Waals surface area contributed by atoms with Crippen molar-refractivity contribution >= 4 is 37.8 Å². The minimum absolute atomic E-state index is 0.270. The van der Waals surface area contributed by atoms with E-state index in [0.29, 0.717) is 5.56 Å². The van der Waals surface area contributed by atoms with Crippen LogP contribution in [0.3, 0.4) is 0 Å². The number of carbonyl (C=O) groups excluding carboxylic acids is 1. The molecule has 0 bridgehead atoms. The van der Waals surface area contributed by atoms with Crippen LogP contribution in [0, 0.1) is 0 Å². The highest BCUT2D eigenvalue weighted by Crippen LogP contribution is 2.36. The third-order valence-electron chi connectivity index (χ3n) is 1.69. The fourth-order valence-corrected chi connectivity index (χ4v) is 2.05. The number of ether oxygens (including phenoxy) is 1. The van der Waals surface area contributed by atoms with Gasteiger partial charge in [-0.15, -0.1) is 0 Å². The van der Waals surface area contributed by atoms with Crippen LogP contribution in [0.25, 0.3) is 0 Å². The molecule has 0 amide bonds. The van der Waals surface area contributed by atoms with Crippen molar-refractivity contribution in [3.8, 4) is 0 Å². The van der Waals surface area contributed by atoms with Gasteiger partial charge in [0.05, 0.1) is 5.56 Å². The summed E-state index contributed by atoms with van der Waals surface area (Å²) < 4.78 is 5.83. The Morgan fingerprint density at radius 1 is 1.42 bits per heavy atom. The highest BCUT2D eigenvalue weighted by molar-refractivity contribution is 9.10. The van der Waals surface area contributed by atoms with Gasteiger partial charge in [-0.05, 0) is 28.1 Å². The lowest BCUT2D eigenvalue weighted by molar-refractivity contribution is 0.0530. The molecular weight excluding hydrogens is 288 g/mol. The fraction of sp³-hybridized carbons (Fsp3) is 0.125. The molecule has 0 saturated carbocycles. The van der Waals surface area contributed by atoms with E-state index in [0.717, 1.165) is 10.0 Å². The summed E-state index contributed by atoms with van der Waals surface area (Å²) in [5.74, 6) is -0.270. The number of alkyl halides is 1. The number of esters is 1. The molecule has 2 rings (SSSR count). The van der Waals surface area contributed by atoms with Crippen molar-refractivity contribution in [2.75, 3.05) is 0 Å². The largest absolute Gasteiger partial charge is 0.442 e. The van der Waals surface area contributed by atoms with Crippen molar-refractivity contribution in [3.05, 3.63) is 33.8 Å². The van der Waals surface area contributed by atoms with Gasteiger partial charge < -0.3 is 4.74 Å². The Balaban J connectivity index is 2.60. The van der Waals surface area contributed by atoms with Crippen molar-refractivity contribution in [2.24, 2.45) is 0 Å². The topological polar surface area (TPSA) is 26.3 Å². The second-order valence-electron chi connectivity index (χ2n) is 2.45. The van der Waals surface area contributed by atoms with E-state index in [2.05, 4.69) is 31.9 Å². The summed E-state index contributed by atoms with van der Waals surface area (Å²) in [5, 5.41) is -0.284. The van der Waals surface area contributed by atoms with E-state index < -0.39 is 0 Å². The third-order valence-corrected chi connectivity index (χ3v) is 2.86. The van der Waals surface area contributed by atoms with Crippen LogP contribution in [-0.4, -0.2) is 5.97 Å². The first-order valence-corrected chi connectivity index (χ1v) is 5.04. The maximum Gasteiger partial charge on any atom is 0.340 e. The Labute approximate surface area is 86.2 Å². The molecular formula is C8H4Br2O2. The molecule has 0 saturated heterocycles. The van der Waals surface area contributed by atoms with Crippen LogP contribution in [-0.2, 0) is 4.74 Å². The Bertz CT molecular complexity index is 349. The van der Waals surface area contributed by atoms with Gasteiger partial charge in [0, 0.05) is 10.0 Å². The van der Waals surface area contributed by atoms with Gasteiger partial charge in [0.1, 0.15) is 0 Å². The van der Waals surface area contributed by atoms with Crippen molar-refractivity contribution < 1.29 is 9.53 Å². The SMILES string of the molecule is O=C1OC(Br)c2ccc(Br)cc21. The van der Waals surface area contributed by atoms with Crippen molar-refractivity contribution in [1.29, 1.82) is 0 Å². The highest BCUT2D eigenvalue weighted by atomic mass is 79.9. The third kappa shape index (κ3) is 1.19. The number of benzene rings is 1. The van der Waals surface area contributed by atoms with Gasteiger partial charge in [-0.2, -0.15) is 0 Å². The van der Waals surface area contributed by atoms with Gasteiger partial charge in [-0.3, -0.25) is 0 Å². The Kier molecular flexibility index (Phi) is 1.96. The molecule has 1 aromatic rings. The molecule has 1 aliphatic rings. The van der Waals surface area contributed by atoms with Gasteiger partial charge in [-0.25, -0.2) is 4.79 Å². The average Bonchev–Trinajstić information content (AvgIpc) is 2.28. The Morgan fingerprint density at radius 2 is 2.17 bits per heavy atom. The number of fused-ring (bicyclic) bond motifs is 1. The predicted octanol–water partition coefficient (Wildman–Crippen LogP) is 3.01. The van der Waals surface area contributed by atoms with Gasteiger partial charge >= 0.3 is 5.97 Å². The molecule has 12 heavy (non-hydrogen) atoms. The molecule has 0 radical (unpaired) electrons. The molecule has 1 aromatic carbocycles. The Hall–Kier alpha value is -0.350. The molecule has 2 nitrogen and oxygen atoms in total. The first-order valence-electron chi connectivity index (χ1n) is 3.33. The standard InChI is InChI=1S/C8H4Br2O2/c9-4-1-2-5-6(3-4)8(11)12-7(5)10/h1-3,7H. The number of halogens is 2. The van der Waals surface area contributed by atoms with Crippen LogP contribution in [0.1, 0.15) is 20.9 Å². The number of carbonyl (C=O) groups is 1. The molecule has 0 aliphatic carbocycles. The van der Waals surface area contributed by atoms with Crippen molar-refractivity contribution in [3.63, 3.8) is 0 Å². The lowest BCUT2D eigenvalue weighted by Gasteiger charge is -1.98. The zero-order valence-corrected chi connectivity index (χ0v) is 9.05. The number of rotatable bonds is 0. The fourth-order valence-electron chi connectivity index (χ4n) is 1.12. The van der Waals surface area contributed by atoms with Crippen LogP contribution >= 0.6 is 31.9 Å². The van der Waals surface area contributed by atoms with E-state index in [-0.39, 0.29) is 11.0 Å². The van der Waals surface area contributed by atoms with E-state index in [1.54, 1.807) is 6.07 Å². The molecule has 0 aromatic heterocycles. The zero-order valence-electron chi connectivity index (χ0n) is 5.88. The second-order valence-corrected chi connectivity index (χ2v) is 4.20. The van der Waals surface area contributed by atoms with Gasteiger partial charge in [0.2, 0.25) is 0 Å². The second kappa shape index (κ2) is 2.85. The molecule has 1 heterocycles. The highest BCUT2D eigenvalue weighted by Gasteiger charge is 2.28. The molecule has 1 unspecified atom stereocenters. The number of cyclic esters (lactones) is 1. The summed E-state index contributed by atoms with van der Waals surface area (Å²) in [7, 11) is 0. The van der Waals surface area contributed by atoms with E-state index >= 15 is 0 Å². The van der Waals surface area contributed by atoms with E-state index in [1.807, 2.05) is 12.1 Å². The predicted molar refractivity (Wildman–Crippen MR) is 51.2 cm³/mol. The van der Waals surface area contributed by atoms with Crippen LogP contribution in [0.2, 0.25) is 0 Å². The van der Waals surface area contributed by atoms with Crippen molar-refractivity contribution in [2.45, 2.75) is 5.01 Å². The Morgan fingerprint density at radius 3 is 2.92 bits per heavy atom. The van der Waals surface area contributed by atoms with Crippen molar-refractivity contribution in [1.82, 2.24) is 0 Å². The van der Waals surface area contributed by atoms with Crippen LogP contribution in [0.15, 0.2) is 22.7 Å². The molecule has 1 aliphatic heterocycles. The molecule has 0 fully saturated rings. The van der Waals surface area contributed by atoms with Crippen LogP contribution < -0.4 is 0 Å². The van der Waals surface area contributed by atoms with E-state index in [9.17, 15) is 4.79 Å². The van der Waals surface area contributed by atoms with Gasteiger partial charge in [0.25, 0.3) is 0 Å². The molecule has 62 valence electrons. The molecule has 0 spiro atoms.